The minimum absolute atomic E-state index is 0.00275. The standard InChI is InChI=1S/C15H21N3O2/c1-11-9-18(7-6-16-11)10-15(20)17-14-5-3-4-13(8-14)12(2)19/h3-5,8,11,16H,6-7,9-10H2,1-2H3,(H,17,20). The van der Waals surface area contributed by atoms with Crippen molar-refractivity contribution in [3.8, 4) is 0 Å². The van der Waals surface area contributed by atoms with E-state index in [9.17, 15) is 9.59 Å². The Hall–Kier alpha value is -1.72. The van der Waals surface area contributed by atoms with E-state index in [1.165, 1.54) is 6.92 Å². The minimum Gasteiger partial charge on any atom is -0.325 e. The first kappa shape index (κ1) is 14.7. The average Bonchev–Trinajstić information content (AvgIpc) is 2.38. The minimum atomic E-state index is -0.0418. The maximum Gasteiger partial charge on any atom is 0.238 e. The number of hydrogen-bond acceptors (Lipinski definition) is 4. The van der Waals surface area contributed by atoms with E-state index < -0.39 is 0 Å². The van der Waals surface area contributed by atoms with Crippen molar-refractivity contribution < 1.29 is 9.59 Å². The lowest BCUT2D eigenvalue weighted by atomic mass is 10.1. The Kier molecular flexibility index (Phi) is 4.87. The van der Waals surface area contributed by atoms with E-state index in [0.717, 1.165) is 19.6 Å². The fraction of sp³-hybridized carbons (Fsp3) is 0.467. The molecular formula is C15H21N3O2. The van der Waals surface area contributed by atoms with Crippen LogP contribution in [0, 0.1) is 0 Å². The molecule has 0 aliphatic carbocycles. The Morgan fingerprint density at radius 3 is 2.95 bits per heavy atom. The molecule has 1 amide bonds. The highest BCUT2D eigenvalue weighted by Crippen LogP contribution is 2.11. The average molecular weight is 275 g/mol. The lowest BCUT2D eigenvalue weighted by Crippen LogP contribution is -2.51. The van der Waals surface area contributed by atoms with Crippen LogP contribution < -0.4 is 10.6 Å². The molecule has 0 bridgehead atoms. The van der Waals surface area contributed by atoms with Crippen LogP contribution in [0.5, 0.6) is 0 Å². The molecule has 2 N–H and O–H groups in total. The second kappa shape index (κ2) is 6.63. The van der Waals surface area contributed by atoms with Crippen LogP contribution >= 0.6 is 0 Å². The van der Waals surface area contributed by atoms with Crippen LogP contribution in [0.2, 0.25) is 0 Å². The molecule has 0 saturated carbocycles. The summed E-state index contributed by atoms with van der Waals surface area (Å²) in [4.78, 5) is 25.4. The van der Waals surface area contributed by atoms with Crippen LogP contribution in [0.4, 0.5) is 5.69 Å². The van der Waals surface area contributed by atoms with E-state index >= 15 is 0 Å². The van der Waals surface area contributed by atoms with Gasteiger partial charge in [0, 0.05) is 36.9 Å². The molecule has 5 heteroatoms. The first-order chi connectivity index (χ1) is 9.54. The first-order valence-corrected chi connectivity index (χ1v) is 6.91. The van der Waals surface area contributed by atoms with Gasteiger partial charge in [-0.05, 0) is 26.0 Å². The molecule has 1 aliphatic rings. The molecule has 1 unspecified atom stereocenters. The molecule has 1 aliphatic heterocycles. The zero-order valence-corrected chi connectivity index (χ0v) is 12.0. The van der Waals surface area contributed by atoms with Gasteiger partial charge in [0.25, 0.3) is 0 Å². The fourth-order valence-corrected chi connectivity index (χ4v) is 2.38. The van der Waals surface area contributed by atoms with Crippen molar-refractivity contribution in [3.05, 3.63) is 29.8 Å². The molecular weight excluding hydrogens is 254 g/mol. The van der Waals surface area contributed by atoms with Gasteiger partial charge in [0.2, 0.25) is 5.91 Å². The highest BCUT2D eigenvalue weighted by atomic mass is 16.2. The molecule has 1 saturated heterocycles. The number of amides is 1. The Labute approximate surface area is 119 Å². The summed E-state index contributed by atoms with van der Waals surface area (Å²) in [7, 11) is 0. The van der Waals surface area contributed by atoms with Crippen molar-refractivity contribution in [2.75, 3.05) is 31.5 Å². The number of rotatable bonds is 4. The summed E-state index contributed by atoms with van der Waals surface area (Å²) in [6, 6.07) is 7.44. The Morgan fingerprint density at radius 1 is 1.45 bits per heavy atom. The van der Waals surface area contributed by atoms with E-state index in [-0.39, 0.29) is 11.7 Å². The third kappa shape index (κ3) is 4.15. The number of hydrogen-bond donors (Lipinski definition) is 2. The van der Waals surface area contributed by atoms with Crippen LogP contribution in [0.3, 0.4) is 0 Å². The number of carbonyl (C=O) groups excluding carboxylic acids is 2. The number of nitrogens with zero attached hydrogens (tertiary/aromatic N) is 1. The van der Waals surface area contributed by atoms with Crippen molar-refractivity contribution in [1.29, 1.82) is 0 Å². The molecule has 108 valence electrons. The summed E-state index contributed by atoms with van der Waals surface area (Å²) in [5.74, 6) is -0.0446. The van der Waals surface area contributed by atoms with Crippen LogP contribution in [0.25, 0.3) is 0 Å². The molecule has 1 aromatic carbocycles. The van der Waals surface area contributed by atoms with Crippen molar-refractivity contribution in [2.45, 2.75) is 19.9 Å². The number of Topliss-reactive ketones (excluding diaryl/α,β-unsaturated/α-hetero) is 1. The summed E-state index contributed by atoms with van der Waals surface area (Å²) in [5.41, 5.74) is 1.28. The summed E-state index contributed by atoms with van der Waals surface area (Å²) in [6.45, 7) is 6.68. The predicted molar refractivity (Wildman–Crippen MR) is 79.0 cm³/mol. The number of piperazine rings is 1. The normalized spacial score (nSPS) is 19.6. The molecule has 2 rings (SSSR count). The van der Waals surface area contributed by atoms with Gasteiger partial charge in [0.15, 0.2) is 5.78 Å². The zero-order chi connectivity index (χ0) is 14.5. The van der Waals surface area contributed by atoms with Gasteiger partial charge in [0.1, 0.15) is 0 Å². The van der Waals surface area contributed by atoms with E-state index in [1.807, 2.05) is 0 Å². The van der Waals surface area contributed by atoms with E-state index in [4.69, 9.17) is 0 Å². The smallest absolute Gasteiger partial charge is 0.238 e. The number of ketones is 1. The van der Waals surface area contributed by atoms with E-state index in [2.05, 4.69) is 22.5 Å². The first-order valence-electron chi connectivity index (χ1n) is 6.91. The van der Waals surface area contributed by atoms with Crippen LogP contribution in [-0.2, 0) is 4.79 Å². The van der Waals surface area contributed by atoms with Crippen molar-refractivity contribution in [1.82, 2.24) is 10.2 Å². The van der Waals surface area contributed by atoms with Gasteiger partial charge in [-0.2, -0.15) is 0 Å². The molecule has 20 heavy (non-hydrogen) atoms. The Bertz CT molecular complexity index is 502. The molecule has 0 radical (unpaired) electrons. The fourth-order valence-electron chi connectivity index (χ4n) is 2.38. The maximum atomic E-state index is 12.0. The maximum absolute atomic E-state index is 12.0. The molecule has 0 aromatic heterocycles. The molecule has 1 aromatic rings. The molecule has 0 spiro atoms. The number of benzene rings is 1. The highest BCUT2D eigenvalue weighted by molar-refractivity contribution is 5.97. The lowest BCUT2D eigenvalue weighted by Gasteiger charge is -2.31. The van der Waals surface area contributed by atoms with Gasteiger partial charge in [-0.1, -0.05) is 12.1 Å². The quantitative estimate of drug-likeness (QED) is 0.808. The Balaban J connectivity index is 1.91. The van der Waals surface area contributed by atoms with Crippen LogP contribution in [0.1, 0.15) is 24.2 Å². The summed E-state index contributed by atoms with van der Waals surface area (Å²) < 4.78 is 0. The SMILES string of the molecule is CC(=O)c1cccc(NC(=O)CN2CCNC(C)C2)c1. The largest absolute Gasteiger partial charge is 0.325 e. The number of nitrogens with one attached hydrogen (secondary N) is 2. The summed E-state index contributed by atoms with van der Waals surface area (Å²) in [5, 5.41) is 6.19. The summed E-state index contributed by atoms with van der Waals surface area (Å²) in [6.07, 6.45) is 0. The third-order valence-corrected chi connectivity index (χ3v) is 3.37. The van der Waals surface area contributed by atoms with Gasteiger partial charge in [-0.3, -0.25) is 14.5 Å². The van der Waals surface area contributed by atoms with Gasteiger partial charge in [-0.25, -0.2) is 0 Å². The Morgan fingerprint density at radius 2 is 2.25 bits per heavy atom. The zero-order valence-electron chi connectivity index (χ0n) is 12.0. The van der Waals surface area contributed by atoms with E-state index in [0.29, 0.717) is 23.8 Å². The second-order valence-corrected chi connectivity index (χ2v) is 5.28. The van der Waals surface area contributed by atoms with Crippen molar-refractivity contribution >= 4 is 17.4 Å². The monoisotopic (exact) mass is 275 g/mol. The number of carbonyl (C=O) groups is 2. The number of anilines is 1. The van der Waals surface area contributed by atoms with Crippen molar-refractivity contribution in [2.24, 2.45) is 0 Å². The van der Waals surface area contributed by atoms with Gasteiger partial charge < -0.3 is 10.6 Å². The van der Waals surface area contributed by atoms with Crippen LogP contribution in [-0.4, -0.2) is 48.8 Å². The van der Waals surface area contributed by atoms with Gasteiger partial charge in [0.05, 0.1) is 6.54 Å². The second-order valence-electron chi connectivity index (χ2n) is 5.28. The molecule has 1 atom stereocenters. The third-order valence-electron chi connectivity index (χ3n) is 3.37. The van der Waals surface area contributed by atoms with Crippen molar-refractivity contribution in [3.63, 3.8) is 0 Å². The van der Waals surface area contributed by atoms with E-state index in [1.54, 1.807) is 24.3 Å². The van der Waals surface area contributed by atoms with Crippen LogP contribution in [0.15, 0.2) is 24.3 Å². The molecule has 1 heterocycles. The predicted octanol–water partition coefficient (Wildman–Crippen LogP) is 1.12. The highest BCUT2D eigenvalue weighted by Gasteiger charge is 2.17. The summed E-state index contributed by atoms with van der Waals surface area (Å²) >= 11 is 0. The molecule has 1 fully saturated rings. The molecule has 5 nitrogen and oxygen atoms in total. The van der Waals surface area contributed by atoms with Gasteiger partial charge in [-0.15, -0.1) is 0 Å². The topological polar surface area (TPSA) is 61.4 Å². The van der Waals surface area contributed by atoms with Gasteiger partial charge >= 0.3 is 0 Å². The lowest BCUT2D eigenvalue weighted by molar-refractivity contribution is -0.117.